The fraction of sp³-hybridized carbons (Fsp3) is 0.529. The van der Waals surface area contributed by atoms with Crippen LogP contribution in [0.3, 0.4) is 0 Å². The van der Waals surface area contributed by atoms with Crippen LogP contribution in [-0.2, 0) is 16.0 Å². The second-order valence-corrected chi connectivity index (χ2v) is 5.81. The molecule has 1 fully saturated rings. The van der Waals surface area contributed by atoms with E-state index in [0.717, 1.165) is 38.9 Å². The van der Waals surface area contributed by atoms with Crippen molar-refractivity contribution in [3.8, 4) is 0 Å². The predicted molar refractivity (Wildman–Crippen MR) is 86.4 cm³/mol. The maximum absolute atomic E-state index is 11.4. The summed E-state index contributed by atoms with van der Waals surface area (Å²) in [6.45, 7) is 3.81. The Kier molecular flexibility index (Phi) is 6.40. The van der Waals surface area contributed by atoms with E-state index in [1.807, 2.05) is 6.07 Å². The van der Waals surface area contributed by atoms with E-state index in [0.29, 0.717) is 12.5 Å². The van der Waals surface area contributed by atoms with Crippen LogP contribution >= 0.6 is 0 Å². The minimum atomic E-state index is -0.569. The average Bonchev–Trinajstić information content (AvgIpc) is 2.59. The molecule has 1 saturated heterocycles. The van der Waals surface area contributed by atoms with Gasteiger partial charge in [0.15, 0.2) is 0 Å². The molecule has 0 unspecified atom stereocenters. The molecule has 1 heterocycles. The summed E-state index contributed by atoms with van der Waals surface area (Å²) in [6.07, 6.45) is 3.23. The quantitative estimate of drug-likeness (QED) is 0.791. The lowest BCUT2D eigenvalue weighted by Crippen LogP contribution is -2.43. The predicted octanol–water partition coefficient (Wildman–Crippen LogP) is 0.803. The van der Waals surface area contributed by atoms with Gasteiger partial charge in [0.05, 0.1) is 0 Å². The Labute approximate surface area is 132 Å². The molecule has 0 atom stereocenters. The van der Waals surface area contributed by atoms with E-state index in [9.17, 15) is 9.59 Å². The standard InChI is InChI=1S/C17H25N3O2/c1-18-16(21)17(22)19-13-15-8-11-20(12-9-15)10-7-14-5-3-2-4-6-14/h2-6,15H,7-13H2,1H3,(H,18,21)(H,19,22). The fourth-order valence-electron chi connectivity index (χ4n) is 2.78. The van der Waals surface area contributed by atoms with E-state index in [2.05, 4.69) is 39.8 Å². The summed E-state index contributed by atoms with van der Waals surface area (Å²) in [6, 6.07) is 10.5. The highest BCUT2D eigenvalue weighted by atomic mass is 16.2. The number of carbonyl (C=O) groups excluding carboxylic acids is 2. The van der Waals surface area contributed by atoms with E-state index in [4.69, 9.17) is 0 Å². The fourth-order valence-corrected chi connectivity index (χ4v) is 2.78. The van der Waals surface area contributed by atoms with Crippen molar-refractivity contribution in [1.82, 2.24) is 15.5 Å². The molecule has 1 aromatic carbocycles. The SMILES string of the molecule is CNC(=O)C(=O)NCC1CCN(CCc2ccccc2)CC1. The number of hydrogen-bond acceptors (Lipinski definition) is 3. The van der Waals surface area contributed by atoms with Crippen LogP contribution in [0.5, 0.6) is 0 Å². The van der Waals surface area contributed by atoms with Crippen molar-refractivity contribution in [2.45, 2.75) is 19.3 Å². The van der Waals surface area contributed by atoms with Gasteiger partial charge in [-0.1, -0.05) is 30.3 Å². The Balaban J connectivity index is 1.63. The lowest BCUT2D eigenvalue weighted by Gasteiger charge is -2.32. The molecule has 2 rings (SSSR count). The van der Waals surface area contributed by atoms with Crippen LogP contribution in [0.1, 0.15) is 18.4 Å². The summed E-state index contributed by atoms with van der Waals surface area (Å²) < 4.78 is 0. The zero-order valence-corrected chi connectivity index (χ0v) is 13.2. The van der Waals surface area contributed by atoms with Gasteiger partial charge < -0.3 is 15.5 Å². The Morgan fingerprint density at radius 3 is 2.45 bits per heavy atom. The van der Waals surface area contributed by atoms with Crippen LogP contribution in [0, 0.1) is 5.92 Å². The van der Waals surface area contributed by atoms with Crippen molar-refractivity contribution in [3.63, 3.8) is 0 Å². The van der Waals surface area contributed by atoms with Crippen molar-refractivity contribution < 1.29 is 9.59 Å². The van der Waals surface area contributed by atoms with Gasteiger partial charge in [-0.3, -0.25) is 9.59 Å². The Hall–Kier alpha value is -1.88. The van der Waals surface area contributed by atoms with Gasteiger partial charge in [-0.2, -0.15) is 0 Å². The number of amides is 2. The Morgan fingerprint density at radius 1 is 1.14 bits per heavy atom. The van der Waals surface area contributed by atoms with Crippen LogP contribution in [0.2, 0.25) is 0 Å². The van der Waals surface area contributed by atoms with Crippen LogP contribution < -0.4 is 10.6 Å². The molecular weight excluding hydrogens is 278 g/mol. The van der Waals surface area contributed by atoms with Crippen molar-refractivity contribution in [1.29, 1.82) is 0 Å². The Morgan fingerprint density at radius 2 is 1.82 bits per heavy atom. The number of hydrogen-bond donors (Lipinski definition) is 2. The molecule has 5 nitrogen and oxygen atoms in total. The summed E-state index contributed by atoms with van der Waals surface area (Å²) in [4.78, 5) is 25.0. The molecule has 120 valence electrons. The Bertz CT molecular complexity index is 482. The molecule has 0 aliphatic carbocycles. The van der Waals surface area contributed by atoms with E-state index in [-0.39, 0.29) is 0 Å². The number of likely N-dealkylation sites (tertiary alicyclic amines) is 1. The zero-order chi connectivity index (χ0) is 15.8. The number of nitrogens with zero attached hydrogens (tertiary/aromatic N) is 1. The van der Waals surface area contributed by atoms with Crippen LogP contribution in [0.25, 0.3) is 0 Å². The van der Waals surface area contributed by atoms with Crippen molar-refractivity contribution >= 4 is 11.8 Å². The zero-order valence-electron chi connectivity index (χ0n) is 13.2. The highest BCUT2D eigenvalue weighted by Gasteiger charge is 2.20. The summed E-state index contributed by atoms with van der Waals surface area (Å²) in [7, 11) is 1.47. The third-order valence-corrected chi connectivity index (χ3v) is 4.25. The summed E-state index contributed by atoms with van der Waals surface area (Å²) >= 11 is 0. The third-order valence-electron chi connectivity index (χ3n) is 4.25. The maximum Gasteiger partial charge on any atom is 0.309 e. The lowest BCUT2D eigenvalue weighted by atomic mass is 9.96. The van der Waals surface area contributed by atoms with Gasteiger partial charge in [0.2, 0.25) is 0 Å². The summed E-state index contributed by atoms with van der Waals surface area (Å²) in [5.74, 6) is -0.629. The largest absolute Gasteiger partial charge is 0.351 e. The molecule has 0 spiro atoms. The topological polar surface area (TPSA) is 61.4 Å². The lowest BCUT2D eigenvalue weighted by molar-refractivity contribution is -0.139. The number of benzene rings is 1. The van der Waals surface area contributed by atoms with E-state index >= 15 is 0 Å². The molecule has 0 bridgehead atoms. The molecule has 1 aromatic rings. The second-order valence-electron chi connectivity index (χ2n) is 5.81. The minimum Gasteiger partial charge on any atom is -0.351 e. The van der Waals surface area contributed by atoms with Gasteiger partial charge in [-0.25, -0.2) is 0 Å². The highest BCUT2D eigenvalue weighted by molar-refractivity contribution is 6.34. The van der Waals surface area contributed by atoms with Crippen molar-refractivity contribution in [2.24, 2.45) is 5.92 Å². The maximum atomic E-state index is 11.4. The number of likely N-dealkylation sites (N-methyl/N-ethyl adjacent to an activating group) is 1. The first-order chi connectivity index (χ1) is 10.7. The minimum absolute atomic E-state index is 0.474. The number of rotatable bonds is 5. The number of carbonyl (C=O) groups is 2. The molecule has 1 aliphatic heterocycles. The van der Waals surface area contributed by atoms with Gasteiger partial charge in [0.1, 0.15) is 0 Å². The van der Waals surface area contributed by atoms with Crippen LogP contribution in [0.4, 0.5) is 0 Å². The van der Waals surface area contributed by atoms with Gasteiger partial charge in [0, 0.05) is 20.1 Å². The second kappa shape index (κ2) is 8.54. The normalized spacial score (nSPS) is 16.2. The molecule has 2 N–H and O–H groups in total. The smallest absolute Gasteiger partial charge is 0.309 e. The number of piperidine rings is 1. The van der Waals surface area contributed by atoms with Gasteiger partial charge in [-0.05, 0) is 43.8 Å². The highest BCUT2D eigenvalue weighted by Crippen LogP contribution is 2.16. The summed E-state index contributed by atoms with van der Waals surface area (Å²) in [5.41, 5.74) is 1.38. The molecular formula is C17H25N3O2. The molecule has 0 aromatic heterocycles. The monoisotopic (exact) mass is 303 g/mol. The van der Waals surface area contributed by atoms with Crippen LogP contribution in [-0.4, -0.2) is 49.9 Å². The van der Waals surface area contributed by atoms with Gasteiger partial charge in [0.25, 0.3) is 0 Å². The van der Waals surface area contributed by atoms with E-state index < -0.39 is 11.8 Å². The van der Waals surface area contributed by atoms with Crippen molar-refractivity contribution in [3.05, 3.63) is 35.9 Å². The molecule has 5 heteroatoms. The molecule has 22 heavy (non-hydrogen) atoms. The molecule has 0 radical (unpaired) electrons. The van der Waals surface area contributed by atoms with Crippen molar-refractivity contribution in [2.75, 3.05) is 33.2 Å². The van der Waals surface area contributed by atoms with Crippen LogP contribution in [0.15, 0.2) is 30.3 Å². The average molecular weight is 303 g/mol. The summed E-state index contributed by atoms with van der Waals surface area (Å²) in [5, 5.41) is 5.04. The van der Waals surface area contributed by atoms with E-state index in [1.165, 1.54) is 12.6 Å². The first-order valence-corrected chi connectivity index (χ1v) is 7.95. The van der Waals surface area contributed by atoms with E-state index in [1.54, 1.807) is 0 Å². The first-order valence-electron chi connectivity index (χ1n) is 7.95. The first kappa shape index (κ1) is 16.5. The van der Waals surface area contributed by atoms with Gasteiger partial charge >= 0.3 is 11.8 Å². The van der Waals surface area contributed by atoms with Gasteiger partial charge in [-0.15, -0.1) is 0 Å². The molecule has 1 aliphatic rings. The molecule has 0 saturated carbocycles. The molecule has 2 amide bonds. The third kappa shape index (κ3) is 5.15. The number of nitrogens with one attached hydrogen (secondary N) is 2.